The minimum Gasteiger partial charge on any atom is -0.456 e. The van der Waals surface area contributed by atoms with Crippen LogP contribution in [0.3, 0.4) is 0 Å². The Morgan fingerprint density at radius 2 is 1.59 bits per heavy atom. The average Bonchev–Trinajstić information content (AvgIpc) is 2.85. The lowest BCUT2D eigenvalue weighted by atomic mass is 10.1. The zero-order valence-corrected chi connectivity index (χ0v) is 21.9. The Bertz CT molecular complexity index is 1540. The molecule has 0 bridgehead atoms. The van der Waals surface area contributed by atoms with Gasteiger partial charge in [0.1, 0.15) is 17.3 Å². The number of sulfonamides is 1. The Kier molecular flexibility index (Phi) is 8.24. The van der Waals surface area contributed by atoms with Gasteiger partial charge in [-0.1, -0.05) is 46.9 Å². The van der Waals surface area contributed by atoms with Gasteiger partial charge in [-0.05, 0) is 78.4 Å². The molecule has 0 aliphatic rings. The van der Waals surface area contributed by atoms with Crippen molar-refractivity contribution in [3.63, 3.8) is 0 Å². The first-order valence-electron chi connectivity index (χ1n) is 10.7. The van der Waals surface area contributed by atoms with Crippen LogP contribution in [0.1, 0.15) is 15.9 Å². The quantitative estimate of drug-likeness (QED) is 0.229. The fourth-order valence-electron chi connectivity index (χ4n) is 3.33. The maximum absolute atomic E-state index is 13.6. The number of carbonyl (C=O) groups is 1. The molecule has 190 valence electrons. The normalized spacial score (nSPS) is 11.1. The van der Waals surface area contributed by atoms with Gasteiger partial charge in [0.05, 0.1) is 21.2 Å². The topological polar surface area (TPSA) is 84.5 Å². The van der Waals surface area contributed by atoms with Gasteiger partial charge < -0.3 is 10.1 Å². The van der Waals surface area contributed by atoms with E-state index in [1.165, 1.54) is 54.6 Å². The number of para-hydroxylation sites is 1. The van der Waals surface area contributed by atoms with Crippen LogP contribution in [0, 0.1) is 5.82 Å². The van der Waals surface area contributed by atoms with Crippen molar-refractivity contribution in [2.45, 2.75) is 11.4 Å². The molecule has 1 amide bonds. The Morgan fingerprint density at radius 3 is 2.30 bits per heavy atom. The molecule has 6 nitrogen and oxygen atoms in total. The van der Waals surface area contributed by atoms with Gasteiger partial charge in [-0.25, -0.2) is 12.8 Å². The second kappa shape index (κ2) is 11.4. The predicted molar refractivity (Wildman–Crippen MR) is 143 cm³/mol. The third kappa shape index (κ3) is 6.93. The molecule has 4 rings (SSSR count). The summed E-state index contributed by atoms with van der Waals surface area (Å²) in [5.41, 5.74) is 0.425. The minimum absolute atomic E-state index is 0.00979. The lowest BCUT2D eigenvalue weighted by molar-refractivity contribution is 0.0951. The number of carbonyl (C=O) groups excluding carboxylic acids is 1. The summed E-state index contributed by atoms with van der Waals surface area (Å²) in [6.45, 7) is -0.0398. The molecule has 2 N–H and O–H groups in total. The van der Waals surface area contributed by atoms with Crippen molar-refractivity contribution in [3.8, 4) is 11.5 Å². The fraction of sp³-hybridized carbons (Fsp3) is 0.0385. The summed E-state index contributed by atoms with van der Waals surface area (Å²) < 4.78 is 47.8. The maximum atomic E-state index is 13.6. The van der Waals surface area contributed by atoms with Gasteiger partial charge in [0.15, 0.2) is 0 Å². The van der Waals surface area contributed by atoms with Crippen LogP contribution in [0.15, 0.2) is 89.8 Å². The zero-order chi connectivity index (χ0) is 26.6. The van der Waals surface area contributed by atoms with Gasteiger partial charge in [-0.3, -0.25) is 9.52 Å². The maximum Gasteiger partial charge on any atom is 0.261 e. The molecule has 0 unspecified atom stereocenters. The molecule has 0 radical (unpaired) electrons. The smallest absolute Gasteiger partial charge is 0.261 e. The van der Waals surface area contributed by atoms with Crippen LogP contribution in [0.5, 0.6) is 11.5 Å². The van der Waals surface area contributed by atoms with Crippen molar-refractivity contribution in [3.05, 3.63) is 117 Å². The number of hydrogen-bond acceptors (Lipinski definition) is 4. The third-order valence-electron chi connectivity index (χ3n) is 5.04. The van der Waals surface area contributed by atoms with Gasteiger partial charge in [0, 0.05) is 16.6 Å². The summed E-state index contributed by atoms with van der Waals surface area (Å²) in [6, 6.07) is 20.6. The first kappa shape index (κ1) is 26.8. The average molecular weight is 580 g/mol. The van der Waals surface area contributed by atoms with Crippen LogP contribution in [0.25, 0.3) is 0 Å². The highest BCUT2D eigenvalue weighted by Gasteiger charge is 2.20. The van der Waals surface area contributed by atoms with Crippen LogP contribution >= 0.6 is 34.8 Å². The first-order valence-corrected chi connectivity index (χ1v) is 13.3. The number of benzene rings is 4. The van der Waals surface area contributed by atoms with E-state index in [9.17, 15) is 17.6 Å². The van der Waals surface area contributed by atoms with Crippen molar-refractivity contribution in [2.24, 2.45) is 0 Å². The first-order chi connectivity index (χ1) is 17.6. The van der Waals surface area contributed by atoms with E-state index in [0.29, 0.717) is 22.1 Å². The molecule has 37 heavy (non-hydrogen) atoms. The lowest BCUT2D eigenvalue weighted by Crippen LogP contribution is -2.25. The molecule has 0 aliphatic heterocycles. The fourth-order valence-corrected chi connectivity index (χ4v) is 5.00. The van der Waals surface area contributed by atoms with Crippen LogP contribution < -0.4 is 14.8 Å². The number of amides is 1. The Morgan fingerprint density at radius 1 is 0.865 bits per heavy atom. The molecule has 0 fully saturated rings. The zero-order valence-electron chi connectivity index (χ0n) is 18.8. The highest BCUT2D eigenvalue weighted by molar-refractivity contribution is 7.92. The van der Waals surface area contributed by atoms with E-state index >= 15 is 0 Å². The highest BCUT2D eigenvalue weighted by atomic mass is 35.5. The molecule has 0 aliphatic carbocycles. The second-order valence-corrected chi connectivity index (χ2v) is 10.7. The summed E-state index contributed by atoms with van der Waals surface area (Å²) in [6.07, 6.45) is 0. The molecule has 0 heterocycles. The van der Waals surface area contributed by atoms with E-state index in [4.69, 9.17) is 39.5 Å². The van der Waals surface area contributed by atoms with E-state index < -0.39 is 21.7 Å². The molecule has 0 spiro atoms. The van der Waals surface area contributed by atoms with Gasteiger partial charge in [0.2, 0.25) is 0 Å². The largest absolute Gasteiger partial charge is 0.456 e. The van der Waals surface area contributed by atoms with Gasteiger partial charge in [-0.15, -0.1) is 0 Å². The number of hydrogen-bond donors (Lipinski definition) is 2. The summed E-state index contributed by atoms with van der Waals surface area (Å²) in [4.78, 5) is 12.8. The number of ether oxygens (including phenoxy) is 1. The van der Waals surface area contributed by atoms with Gasteiger partial charge in [0.25, 0.3) is 15.9 Å². The summed E-state index contributed by atoms with van der Waals surface area (Å²) in [7, 11) is -4.08. The highest BCUT2D eigenvalue weighted by Crippen LogP contribution is 2.30. The van der Waals surface area contributed by atoms with Crippen molar-refractivity contribution in [1.29, 1.82) is 0 Å². The van der Waals surface area contributed by atoms with E-state index in [1.807, 2.05) is 0 Å². The number of anilines is 1. The molecule has 4 aromatic rings. The van der Waals surface area contributed by atoms with Crippen molar-refractivity contribution in [2.75, 3.05) is 4.72 Å². The Hall–Kier alpha value is -3.30. The van der Waals surface area contributed by atoms with Gasteiger partial charge in [-0.2, -0.15) is 0 Å². The van der Waals surface area contributed by atoms with E-state index in [0.717, 1.165) is 6.07 Å². The summed E-state index contributed by atoms with van der Waals surface area (Å²) >= 11 is 18.0. The Balaban J connectivity index is 1.51. The van der Waals surface area contributed by atoms with Crippen LogP contribution in [0.2, 0.25) is 15.1 Å². The summed E-state index contributed by atoms with van der Waals surface area (Å²) in [5.74, 6) is -0.355. The molecule has 11 heteroatoms. The van der Waals surface area contributed by atoms with E-state index in [2.05, 4.69) is 10.0 Å². The minimum atomic E-state index is -4.08. The second-order valence-electron chi connectivity index (χ2n) is 7.76. The van der Waals surface area contributed by atoms with Crippen molar-refractivity contribution in [1.82, 2.24) is 5.32 Å². The van der Waals surface area contributed by atoms with E-state index in [-0.39, 0.29) is 32.7 Å². The molecule has 0 atom stereocenters. The predicted octanol–water partition coefficient (Wildman–Crippen LogP) is 7.31. The third-order valence-corrected chi connectivity index (χ3v) is 7.19. The molecule has 0 saturated carbocycles. The lowest BCUT2D eigenvalue weighted by Gasteiger charge is -2.14. The standard InChI is InChI=1S/C26H18Cl3FN2O4S/c27-17-5-10-24(22(14-17)26(33)31-15-16-11-18(28)13-19(30)12-16)32-37(34,35)21-8-6-20(7-9-21)36-25-4-2-1-3-23(25)29/h1-14,32H,15H2,(H,31,33). The SMILES string of the molecule is O=C(NCc1cc(F)cc(Cl)c1)c1cc(Cl)ccc1NS(=O)(=O)c1ccc(Oc2ccccc2Cl)cc1. The monoisotopic (exact) mass is 578 g/mol. The van der Waals surface area contributed by atoms with Crippen LogP contribution in [-0.4, -0.2) is 14.3 Å². The van der Waals surface area contributed by atoms with Crippen molar-refractivity contribution < 1.29 is 22.3 Å². The number of halogens is 4. The van der Waals surface area contributed by atoms with E-state index in [1.54, 1.807) is 24.3 Å². The molecular formula is C26H18Cl3FN2O4S. The number of rotatable bonds is 8. The summed E-state index contributed by atoms with van der Waals surface area (Å²) in [5, 5.41) is 3.43. The molecule has 0 saturated heterocycles. The van der Waals surface area contributed by atoms with Crippen LogP contribution in [-0.2, 0) is 16.6 Å². The van der Waals surface area contributed by atoms with Crippen LogP contribution in [0.4, 0.5) is 10.1 Å². The number of nitrogens with one attached hydrogen (secondary N) is 2. The molecular weight excluding hydrogens is 562 g/mol. The van der Waals surface area contributed by atoms with Gasteiger partial charge >= 0.3 is 0 Å². The van der Waals surface area contributed by atoms with Crippen molar-refractivity contribution >= 4 is 56.4 Å². The molecule has 4 aromatic carbocycles. The Labute approximate surface area is 228 Å². The molecule has 0 aromatic heterocycles.